The molecule has 5 heteroatoms. The zero-order valence-electron chi connectivity index (χ0n) is 11.4. The van der Waals surface area contributed by atoms with Gasteiger partial charge in [-0.05, 0) is 43.7 Å². The average Bonchev–Trinajstić information content (AvgIpc) is 2.88. The molecule has 0 saturated heterocycles. The first-order chi connectivity index (χ1) is 8.97. The monoisotopic (exact) mass is 285 g/mol. The number of hydrogen-bond acceptors (Lipinski definition) is 4. The summed E-state index contributed by atoms with van der Waals surface area (Å²) in [5.74, 6) is 1.27. The van der Waals surface area contributed by atoms with Crippen molar-refractivity contribution in [3.63, 3.8) is 0 Å². The van der Waals surface area contributed by atoms with Gasteiger partial charge in [-0.25, -0.2) is 8.42 Å². The van der Waals surface area contributed by atoms with Crippen LogP contribution >= 0.6 is 0 Å². The maximum absolute atomic E-state index is 11.6. The smallest absolute Gasteiger partial charge is 0.150 e. The molecule has 3 unspecified atom stereocenters. The number of rotatable bonds is 5. The lowest BCUT2D eigenvalue weighted by atomic mass is 9.82. The number of sulfone groups is 1. The molecule has 1 aliphatic rings. The average molecular weight is 285 g/mol. The molecule has 108 valence electrons. The zero-order valence-corrected chi connectivity index (χ0v) is 12.2. The molecule has 1 saturated carbocycles. The Morgan fingerprint density at radius 1 is 1.47 bits per heavy atom. The van der Waals surface area contributed by atoms with Crippen LogP contribution in [-0.4, -0.2) is 26.0 Å². The fourth-order valence-corrected chi connectivity index (χ4v) is 4.15. The van der Waals surface area contributed by atoms with Crippen LogP contribution in [0.3, 0.4) is 0 Å². The summed E-state index contributed by atoms with van der Waals surface area (Å²) >= 11 is 0. The normalized spacial score (nSPS) is 26.2. The van der Waals surface area contributed by atoms with Gasteiger partial charge in [-0.15, -0.1) is 0 Å². The Balaban J connectivity index is 1.86. The van der Waals surface area contributed by atoms with E-state index in [0.717, 1.165) is 44.3 Å². The predicted octanol–water partition coefficient (Wildman–Crippen LogP) is 2.14. The van der Waals surface area contributed by atoms with E-state index in [1.54, 1.807) is 6.26 Å². The highest BCUT2D eigenvalue weighted by Crippen LogP contribution is 2.31. The summed E-state index contributed by atoms with van der Waals surface area (Å²) in [7, 11) is -2.92. The third kappa shape index (κ3) is 4.08. The molecular weight excluding hydrogens is 262 g/mol. The van der Waals surface area contributed by atoms with Crippen molar-refractivity contribution in [1.29, 1.82) is 0 Å². The lowest BCUT2D eigenvalue weighted by Gasteiger charge is -2.31. The standard InChI is InChI=1S/C14H23NO3S/c1-19(16,17)13-6-2-4-11(10-13)14(15)8-7-12-5-3-9-18-12/h3,5,9,11,13-14H,2,4,6-8,10,15H2,1H3. The highest BCUT2D eigenvalue weighted by atomic mass is 32.2. The van der Waals surface area contributed by atoms with Crippen LogP contribution in [0.15, 0.2) is 22.8 Å². The van der Waals surface area contributed by atoms with Crippen molar-refractivity contribution >= 4 is 9.84 Å². The second kappa shape index (κ2) is 6.09. The molecule has 2 N–H and O–H groups in total. The lowest BCUT2D eigenvalue weighted by Crippen LogP contribution is -2.37. The van der Waals surface area contributed by atoms with E-state index in [9.17, 15) is 8.42 Å². The highest BCUT2D eigenvalue weighted by Gasteiger charge is 2.31. The fourth-order valence-electron chi connectivity index (χ4n) is 2.96. The van der Waals surface area contributed by atoms with Crippen molar-refractivity contribution < 1.29 is 12.8 Å². The Labute approximate surface area is 115 Å². The van der Waals surface area contributed by atoms with Crippen molar-refractivity contribution in [2.24, 2.45) is 11.7 Å². The van der Waals surface area contributed by atoms with Crippen LogP contribution in [-0.2, 0) is 16.3 Å². The summed E-state index contributed by atoms with van der Waals surface area (Å²) in [6.45, 7) is 0. The van der Waals surface area contributed by atoms with Crippen molar-refractivity contribution in [3.05, 3.63) is 24.2 Å². The number of nitrogens with two attached hydrogens (primary N) is 1. The number of furan rings is 1. The molecule has 0 aromatic carbocycles. The van der Waals surface area contributed by atoms with E-state index in [-0.39, 0.29) is 11.3 Å². The van der Waals surface area contributed by atoms with Crippen molar-refractivity contribution in [1.82, 2.24) is 0 Å². The van der Waals surface area contributed by atoms with Gasteiger partial charge in [0.2, 0.25) is 0 Å². The molecule has 1 aromatic rings. The first-order valence-electron chi connectivity index (χ1n) is 6.93. The van der Waals surface area contributed by atoms with Gasteiger partial charge < -0.3 is 10.2 Å². The van der Waals surface area contributed by atoms with Gasteiger partial charge in [0.15, 0.2) is 0 Å². The topological polar surface area (TPSA) is 73.3 Å². The third-order valence-electron chi connectivity index (χ3n) is 4.18. The third-order valence-corrected chi connectivity index (χ3v) is 5.82. The van der Waals surface area contributed by atoms with Crippen LogP contribution in [0.25, 0.3) is 0 Å². The molecule has 1 fully saturated rings. The highest BCUT2D eigenvalue weighted by molar-refractivity contribution is 7.91. The molecule has 3 atom stereocenters. The largest absolute Gasteiger partial charge is 0.469 e. The molecule has 2 rings (SSSR count). The predicted molar refractivity (Wildman–Crippen MR) is 75.6 cm³/mol. The summed E-state index contributed by atoms with van der Waals surface area (Å²) in [5.41, 5.74) is 6.23. The maximum Gasteiger partial charge on any atom is 0.150 e. The van der Waals surface area contributed by atoms with Crippen molar-refractivity contribution in [2.75, 3.05) is 6.26 Å². The number of aryl methyl sites for hydroxylation is 1. The van der Waals surface area contributed by atoms with Gasteiger partial charge >= 0.3 is 0 Å². The molecule has 19 heavy (non-hydrogen) atoms. The van der Waals surface area contributed by atoms with E-state index < -0.39 is 9.84 Å². The molecule has 0 amide bonds. The Morgan fingerprint density at radius 2 is 2.26 bits per heavy atom. The van der Waals surface area contributed by atoms with Gasteiger partial charge in [0.25, 0.3) is 0 Å². The molecule has 0 bridgehead atoms. The molecule has 4 nitrogen and oxygen atoms in total. The molecule has 0 spiro atoms. The van der Waals surface area contributed by atoms with Crippen LogP contribution in [0, 0.1) is 5.92 Å². The lowest BCUT2D eigenvalue weighted by molar-refractivity contribution is 0.292. The second-order valence-corrected chi connectivity index (χ2v) is 7.99. The Bertz CT molecular complexity index is 481. The number of hydrogen-bond donors (Lipinski definition) is 1. The van der Waals surface area contributed by atoms with Crippen LogP contribution in [0.1, 0.15) is 37.9 Å². The van der Waals surface area contributed by atoms with Crippen LogP contribution in [0.2, 0.25) is 0 Å². The summed E-state index contributed by atoms with van der Waals surface area (Å²) in [6.07, 6.45) is 8.22. The van der Waals surface area contributed by atoms with E-state index in [2.05, 4.69) is 0 Å². The van der Waals surface area contributed by atoms with E-state index >= 15 is 0 Å². The van der Waals surface area contributed by atoms with Gasteiger partial charge in [-0.1, -0.05) is 6.42 Å². The van der Waals surface area contributed by atoms with Crippen LogP contribution in [0.4, 0.5) is 0 Å². The van der Waals surface area contributed by atoms with E-state index in [1.807, 2.05) is 12.1 Å². The maximum atomic E-state index is 11.6. The van der Waals surface area contributed by atoms with E-state index in [4.69, 9.17) is 10.2 Å². The molecule has 1 heterocycles. The minimum Gasteiger partial charge on any atom is -0.469 e. The minimum atomic E-state index is -2.92. The van der Waals surface area contributed by atoms with Gasteiger partial charge in [-0.3, -0.25) is 0 Å². The van der Waals surface area contributed by atoms with Crippen molar-refractivity contribution in [3.8, 4) is 0 Å². The summed E-state index contributed by atoms with van der Waals surface area (Å²) in [4.78, 5) is 0. The Kier molecular flexibility index (Phi) is 4.68. The summed E-state index contributed by atoms with van der Waals surface area (Å²) in [5, 5.41) is -0.194. The summed E-state index contributed by atoms with van der Waals surface area (Å²) in [6, 6.07) is 3.89. The SMILES string of the molecule is CS(=O)(=O)C1CCCC(C(N)CCc2ccco2)C1. The Hall–Kier alpha value is -0.810. The molecule has 1 aromatic heterocycles. The minimum absolute atomic E-state index is 0.0645. The molecule has 0 radical (unpaired) electrons. The first-order valence-corrected chi connectivity index (χ1v) is 8.89. The van der Waals surface area contributed by atoms with Gasteiger partial charge in [0.05, 0.1) is 11.5 Å². The van der Waals surface area contributed by atoms with E-state index in [0.29, 0.717) is 5.92 Å². The van der Waals surface area contributed by atoms with E-state index in [1.165, 1.54) is 6.26 Å². The molecule has 1 aliphatic carbocycles. The quantitative estimate of drug-likeness (QED) is 0.899. The van der Waals surface area contributed by atoms with Gasteiger partial charge in [0, 0.05) is 18.7 Å². The van der Waals surface area contributed by atoms with Crippen LogP contribution < -0.4 is 5.73 Å². The molecule has 0 aliphatic heterocycles. The first kappa shape index (κ1) is 14.6. The Morgan fingerprint density at radius 3 is 2.89 bits per heavy atom. The molecular formula is C14H23NO3S. The fraction of sp³-hybridized carbons (Fsp3) is 0.714. The second-order valence-electron chi connectivity index (χ2n) is 5.66. The van der Waals surface area contributed by atoms with Crippen LogP contribution in [0.5, 0.6) is 0 Å². The zero-order chi connectivity index (χ0) is 13.9. The summed E-state index contributed by atoms with van der Waals surface area (Å²) < 4.78 is 28.6. The van der Waals surface area contributed by atoms with Crippen molar-refractivity contribution in [2.45, 2.75) is 49.8 Å². The van der Waals surface area contributed by atoms with Gasteiger partial charge in [-0.2, -0.15) is 0 Å². The van der Waals surface area contributed by atoms with Gasteiger partial charge in [0.1, 0.15) is 15.6 Å².